The van der Waals surface area contributed by atoms with Crippen LogP contribution in [0.3, 0.4) is 0 Å². The van der Waals surface area contributed by atoms with Crippen LogP contribution >= 0.6 is 12.4 Å². The van der Waals surface area contributed by atoms with Crippen LogP contribution in [-0.4, -0.2) is 17.6 Å². The van der Waals surface area contributed by atoms with Gasteiger partial charge in [0.05, 0.1) is 5.69 Å². The summed E-state index contributed by atoms with van der Waals surface area (Å²) in [4.78, 5) is 11.7. The normalized spacial score (nSPS) is 9.40. The van der Waals surface area contributed by atoms with Crippen molar-refractivity contribution in [2.75, 3.05) is 17.7 Å². The van der Waals surface area contributed by atoms with E-state index >= 15 is 0 Å². The molecule has 0 fully saturated rings. The average Bonchev–Trinajstić information content (AvgIpc) is 2.42. The molecule has 0 saturated heterocycles. The number of nitrogens with one attached hydrogen (secondary N) is 1. The highest BCUT2D eigenvalue weighted by Gasteiger charge is 2.07. The third-order valence-electron chi connectivity index (χ3n) is 2.41. The highest BCUT2D eigenvalue weighted by molar-refractivity contribution is 5.93. The van der Waals surface area contributed by atoms with E-state index in [9.17, 15) is 9.90 Å². The molecule has 5 nitrogen and oxygen atoms in total. The van der Waals surface area contributed by atoms with Gasteiger partial charge >= 0.3 is 0 Å². The maximum absolute atomic E-state index is 11.7. The number of amides is 1. The van der Waals surface area contributed by atoms with Crippen LogP contribution in [0, 0.1) is 0 Å². The highest BCUT2D eigenvalue weighted by Crippen LogP contribution is 2.25. The minimum Gasteiger partial charge on any atom is -0.506 e. The topological polar surface area (TPSA) is 84.6 Å². The third-order valence-corrected chi connectivity index (χ3v) is 2.41. The second-order valence-electron chi connectivity index (χ2n) is 3.93. The minimum absolute atomic E-state index is 0. The maximum atomic E-state index is 11.7. The molecule has 0 bridgehead atoms. The van der Waals surface area contributed by atoms with Crippen LogP contribution in [0.4, 0.5) is 11.4 Å². The Labute approximate surface area is 122 Å². The van der Waals surface area contributed by atoms with Gasteiger partial charge in [0.1, 0.15) is 11.5 Å². The summed E-state index contributed by atoms with van der Waals surface area (Å²) in [6.07, 6.45) is 0. The first-order chi connectivity index (χ1) is 9.15. The van der Waals surface area contributed by atoms with Gasteiger partial charge in [0, 0.05) is 5.69 Å². The smallest absolute Gasteiger partial charge is 0.262 e. The molecule has 0 radical (unpaired) electrons. The SMILES string of the molecule is Cl.Nc1ccc(O)c(NC(=O)COc2ccccc2)c1. The molecule has 0 spiro atoms. The largest absolute Gasteiger partial charge is 0.506 e. The number of ether oxygens (including phenoxy) is 1. The zero-order valence-corrected chi connectivity index (χ0v) is 11.4. The molecule has 0 atom stereocenters. The van der Waals surface area contributed by atoms with Crippen LogP contribution in [0.5, 0.6) is 11.5 Å². The van der Waals surface area contributed by atoms with Gasteiger partial charge in [0.15, 0.2) is 6.61 Å². The van der Waals surface area contributed by atoms with E-state index in [0.29, 0.717) is 11.4 Å². The van der Waals surface area contributed by atoms with Crippen LogP contribution in [0.1, 0.15) is 0 Å². The number of anilines is 2. The third kappa shape index (κ3) is 4.37. The predicted molar refractivity (Wildman–Crippen MR) is 80.3 cm³/mol. The van der Waals surface area contributed by atoms with E-state index in [2.05, 4.69) is 5.32 Å². The Bertz CT molecular complexity index is 576. The average molecular weight is 295 g/mol. The van der Waals surface area contributed by atoms with Gasteiger partial charge in [-0.2, -0.15) is 0 Å². The number of benzene rings is 2. The molecule has 106 valence electrons. The Balaban J connectivity index is 0.00000200. The van der Waals surface area contributed by atoms with Gasteiger partial charge in [-0.05, 0) is 30.3 Å². The molecular weight excluding hydrogens is 280 g/mol. The van der Waals surface area contributed by atoms with E-state index in [-0.39, 0.29) is 36.4 Å². The lowest BCUT2D eigenvalue weighted by Gasteiger charge is -2.09. The lowest BCUT2D eigenvalue weighted by atomic mass is 10.2. The zero-order chi connectivity index (χ0) is 13.7. The lowest BCUT2D eigenvalue weighted by Crippen LogP contribution is -2.20. The van der Waals surface area contributed by atoms with Crippen LogP contribution in [0.15, 0.2) is 48.5 Å². The van der Waals surface area contributed by atoms with Gasteiger partial charge in [-0.1, -0.05) is 18.2 Å². The Morgan fingerprint density at radius 2 is 1.90 bits per heavy atom. The van der Waals surface area contributed by atoms with Crippen molar-refractivity contribution in [3.63, 3.8) is 0 Å². The molecular formula is C14H15ClN2O3. The highest BCUT2D eigenvalue weighted by atomic mass is 35.5. The monoisotopic (exact) mass is 294 g/mol. The van der Waals surface area contributed by atoms with Crippen molar-refractivity contribution in [3.05, 3.63) is 48.5 Å². The molecule has 0 heterocycles. The van der Waals surface area contributed by atoms with Gasteiger partial charge in [0.2, 0.25) is 0 Å². The van der Waals surface area contributed by atoms with Crippen molar-refractivity contribution < 1.29 is 14.6 Å². The van der Waals surface area contributed by atoms with Crippen molar-refractivity contribution in [2.45, 2.75) is 0 Å². The Morgan fingerprint density at radius 1 is 1.20 bits per heavy atom. The van der Waals surface area contributed by atoms with E-state index in [1.807, 2.05) is 18.2 Å². The molecule has 2 aromatic carbocycles. The summed E-state index contributed by atoms with van der Waals surface area (Å²) < 4.78 is 5.29. The molecule has 0 aliphatic rings. The van der Waals surface area contributed by atoms with Crippen molar-refractivity contribution >= 4 is 29.7 Å². The number of carbonyl (C=O) groups is 1. The number of aromatic hydroxyl groups is 1. The fourth-order valence-electron chi connectivity index (χ4n) is 1.51. The van der Waals surface area contributed by atoms with Gasteiger partial charge < -0.3 is 20.9 Å². The molecule has 0 saturated carbocycles. The quantitative estimate of drug-likeness (QED) is 0.459. The molecule has 2 aromatic rings. The summed E-state index contributed by atoms with van der Waals surface area (Å²) in [7, 11) is 0. The van der Waals surface area contributed by atoms with E-state index in [1.54, 1.807) is 18.2 Å². The first kappa shape index (κ1) is 15.7. The number of para-hydroxylation sites is 1. The number of halogens is 1. The molecule has 0 aliphatic heterocycles. The molecule has 0 aliphatic carbocycles. The van der Waals surface area contributed by atoms with E-state index in [0.717, 1.165) is 0 Å². The van der Waals surface area contributed by atoms with Crippen LogP contribution in [0.2, 0.25) is 0 Å². The summed E-state index contributed by atoms with van der Waals surface area (Å²) in [6.45, 7) is -0.141. The first-order valence-corrected chi connectivity index (χ1v) is 5.71. The molecule has 2 rings (SSSR count). The van der Waals surface area contributed by atoms with E-state index in [1.165, 1.54) is 12.1 Å². The number of carbonyl (C=O) groups excluding carboxylic acids is 1. The second-order valence-corrected chi connectivity index (χ2v) is 3.93. The van der Waals surface area contributed by atoms with Crippen LogP contribution in [0.25, 0.3) is 0 Å². The van der Waals surface area contributed by atoms with Crippen molar-refractivity contribution in [1.29, 1.82) is 0 Å². The number of hydrogen-bond donors (Lipinski definition) is 3. The maximum Gasteiger partial charge on any atom is 0.262 e. The number of nitrogens with two attached hydrogens (primary N) is 1. The fraction of sp³-hybridized carbons (Fsp3) is 0.0714. The molecule has 1 amide bonds. The van der Waals surface area contributed by atoms with Gasteiger partial charge in [0.25, 0.3) is 5.91 Å². The Hall–Kier alpha value is -2.40. The Kier molecular flexibility index (Phi) is 5.68. The number of hydrogen-bond acceptors (Lipinski definition) is 4. The van der Waals surface area contributed by atoms with E-state index < -0.39 is 0 Å². The van der Waals surface area contributed by atoms with Gasteiger partial charge in [-0.25, -0.2) is 0 Å². The second kappa shape index (κ2) is 7.25. The summed E-state index contributed by atoms with van der Waals surface area (Å²) in [5, 5.41) is 12.1. The molecule has 0 aromatic heterocycles. The zero-order valence-electron chi connectivity index (χ0n) is 10.6. The van der Waals surface area contributed by atoms with E-state index in [4.69, 9.17) is 10.5 Å². The van der Waals surface area contributed by atoms with Crippen LogP contribution < -0.4 is 15.8 Å². The number of rotatable bonds is 4. The van der Waals surface area contributed by atoms with Crippen molar-refractivity contribution in [1.82, 2.24) is 0 Å². The number of phenols is 1. The summed E-state index contributed by atoms with van der Waals surface area (Å²) >= 11 is 0. The number of phenolic OH excluding ortho intramolecular Hbond substituents is 1. The Morgan fingerprint density at radius 3 is 2.60 bits per heavy atom. The van der Waals surface area contributed by atoms with Crippen molar-refractivity contribution in [3.8, 4) is 11.5 Å². The first-order valence-electron chi connectivity index (χ1n) is 5.71. The summed E-state index contributed by atoms with van der Waals surface area (Å²) in [5.74, 6) is 0.196. The number of nitrogen functional groups attached to an aromatic ring is 1. The molecule has 4 N–H and O–H groups in total. The molecule has 20 heavy (non-hydrogen) atoms. The molecule has 6 heteroatoms. The van der Waals surface area contributed by atoms with Crippen LogP contribution in [-0.2, 0) is 4.79 Å². The minimum atomic E-state index is -0.371. The van der Waals surface area contributed by atoms with Crippen molar-refractivity contribution in [2.24, 2.45) is 0 Å². The molecule has 0 unspecified atom stereocenters. The predicted octanol–water partition coefficient (Wildman–Crippen LogP) is 2.41. The standard InChI is InChI=1S/C14H14N2O3.ClH/c15-10-6-7-13(17)12(8-10)16-14(18)9-19-11-4-2-1-3-5-11;/h1-8,17H,9,15H2,(H,16,18);1H. The summed E-state index contributed by atoms with van der Waals surface area (Å²) in [5.41, 5.74) is 6.30. The van der Waals surface area contributed by atoms with Gasteiger partial charge in [-0.15, -0.1) is 12.4 Å². The van der Waals surface area contributed by atoms with Gasteiger partial charge in [-0.3, -0.25) is 4.79 Å². The lowest BCUT2D eigenvalue weighted by molar-refractivity contribution is -0.118. The summed E-state index contributed by atoms with van der Waals surface area (Å²) in [6, 6.07) is 13.5. The fourth-order valence-corrected chi connectivity index (χ4v) is 1.51.